The SMILES string of the molecule is Cc1ccc(S(=O)(=O)NC(C)CCO)cc1[N+](=O)[O-]. The largest absolute Gasteiger partial charge is 0.396 e. The number of sulfonamides is 1. The molecule has 106 valence electrons. The van der Waals surface area contributed by atoms with Crippen molar-refractivity contribution in [3.05, 3.63) is 33.9 Å². The van der Waals surface area contributed by atoms with Crippen LogP contribution in [-0.4, -0.2) is 31.1 Å². The first-order chi connectivity index (χ1) is 8.77. The summed E-state index contributed by atoms with van der Waals surface area (Å²) in [6.07, 6.45) is 0.271. The van der Waals surface area contributed by atoms with Gasteiger partial charge in [0.25, 0.3) is 5.69 Å². The minimum atomic E-state index is -3.82. The molecule has 0 fully saturated rings. The summed E-state index contributed by atoms with van der Waals surface area (Å²) in [7, 11) is -3.82. The van der Waals surface area contributed by atoms with Crippen molar-refractivity contribution in [1.29, 1.82) is 0 Å². The van der Waals surface area contributed by atoms with Gasteiger partial charge < -0.3 is 5.11 Å². The lowest BCUT2D eigenvalue weighted by Gasteiger charge is -2.13. The number of hydrogen-bond donors (Lipinski definition) is 2. The highest BCUT2D eigenvalue weighted by atomic mass is 32.2. The third kappa shape index (κ3) is 3.98. The normalized spacial score (nSPS) is 13.2. The second-order valence-corrected chi connectivity index (χ2v) is 5.95. The molecule has 1 atom stereocenters. The molecule has 1 aromatic carbocycles. The topological polar surface area (TPSA) is 110 Å². The first-order valence-corrected chi connectivity index (χ1v) is 7.14. The molecule has 0 aliphatic heterocycles. The molecule has 1 aromatic rings. The molecule has 0 aromatic heterocycles. The summed E-state index contributed by atoms with van der Waals surface area (Å²) in [4.78, 5) is 10.0. The Kier molecular flexibility index (Phi) is 4.98. The first-order valence-electron chi connectivity index (χ1n) is 5.66. The number of nitro groups is 1. The second kappa shape index (κ2) is 6.09. The van der Waals surface area contributed by atoms with Gasteiger partial charge in [-0.15, -0.1) is 0 Å². The molecule has 0 spiro atoms. The van der Waals surface area contributed by atoms with Crippen molar-refractivity contribution < 1.29 is 18.4 Å². The molecule has 0 saturated heterocycles. The van der Waals surface area contributed by atoms with E-state index >= 15 is 0 Å². The number of rotatable bonds is 6. The van der Waals surface area contributed by atoms with Crippen LogP contribution in [0.25, 0.3) is 0 Å². The van der Waals surface area contributed by atoms with Gasteiger partial charge in [-0.05, 0) is 26.3 Å². The summed E-state index contributed by atoms with van der Waals surface area (Å²) in [6.45, 7) is 3.00. The minimum absolute atomic E-state index is 0.141. The van der Waals surface area contributed by atoms with Gasteiger partial charge in [-0.25, -0.2) is 13.1 Å². The van der Waals surface area contributed by atoms with Crippen LogP contribution < -0.4 is 4.72 Å². The fourth-order valence-electron chi connectivity index (χ4n) is 1.54. The van der Waals surface area contributed by atoms with Crippen LogP contribution in [0.2, 0.25) is 0 Å². The zero-order valence-electron chi connectivity index (χ0n) is 10.7. The van der Waals surface area contributed by atoms with Gasteiger partial charge in [-0.3, -0.25) is 10.1 Å². The Bertz CT molecular complexity index is 570. The number of nitro benzene ring substituents is 1. The Hall–Kier alpha value is -1.51. The molecular weight excluding hydrogens is 272 g/mol. The van der Waals surface area contributed by atoms with Crippen LogP contribution in [0.3, 0.4) is 0 Å². The zero-order valence-corrected chi connectivity index (χ0v) is 11.5. The van der Waals surface area contributed by atoms with Crippen molar-refractivity contribution in [3.63, 3.8) is 0 Å². The van der Waals surface area contributed by atoms with Gasteiger partial charge in [0.1, 0.15) is 0 Å². The molecule has 0 radical (unpaired) electrons. The lowest BCUT2D eigenvalue weighted by Crippen LogP contribution is -2.33. The average Bonchev–Trinajstić information content (AvgIpc) is 2.28. The molecule has 0 saturated carbocycles. The minimum Gasteiger partial charge on any atom is -0.396 e. The van der Waals surface area contributed by atoms with Crippen molar-refractivity contribution in [1.82, 2.24) is 4.72 Å². The lowest BCUT2D eigenvalue weighted by molar-refractivity contribution is -0.385. The number of benzene rings is 1. The summed E-state index contributed by atoms with van der Waals surface area (Å²) in [5.74, 6) is 0. The lowest BCUT2D eigenvalue weighted by atomic mass is 10.2. The van der Waals surface area contributed by atoms with Crippen LogP contribution in [0.1, 0.15) is 18.9 Å². The standard InChI is InChI=1S/C11H16N2O5S/c1-8-3-4-10(7-11(8)13(15)16)19(17,18)12-9(2)5-6-14/h3-4,7,9,12,14H,5-6H2,1-2H3. The smallest absolute Gasteiger partial charge is 0.273 e. The third-order valence-electron chi connectivity index (χ3n) is 2.61. The van der Waals surface area contributed by atoms with Crippen molar-refractivity contribution in [2.24, 2.45) is 0 Å². The number of nitrogens with zero attached hydrogens (tertiary/aromatic N) is 1. The van der Waals surface area contributed by atoms with Crippen LogP contribution in [0, 0.1) is 17.0 Å². The Morgan fingerprint density at radius 3 is 2.63 bits per heavy atom. The molecule has 0 bridgehead atoms. The van der Waals surface area contributed by atoms with E-state index < -0.39 is 21.0 Å². The summed E-state index contributed by atoms with van der Waals surface area (Å²) in [5.41, 5.74) is 0.157. The molecule has 0 amide bonds. The highest BCUT2D eigenvalue weighted by Crippen LogP contribution is 2.22. The number of hydrogen-bond acceptors (Lipinski definition) is 5. The maximum atomic E-state index is 12.0. The van der Waals surface area contributed by atoms with E-state index in [1.54, 1.807) is 6.92 Å². The van der Waals surface area contributed by atoms with Crippen LogP contribution in [0.5, 0.6) is 0 Å². The Morgan fingerprint density at radius 1 is 1.47 bits per heavy atom. The van der Waals surface area contributed by atoms with Gasteiger partial charge in [0.15, 0.2) is 0 Å². The molecule has 0 aliphatic carbocycles. The Morgan fingerprint density at radius 2 is 2.11 bits per heavy atom. The molecule has 7 nitrogen and oxygen atoms in total. The van der Waals surface area contributed by atoms with Crippen LogP contribution in [0.4, 0.5) is 5.69 Å². The highest BCUT2D eigenvalue weighted by molar-refractivity contribution is 7.89. The first kappa shape index (κ1) is 15.5. The summed E-state index contributed by atoms with van der Waals surface area (Å²) < 4.78 is 26.3. The Balaban J connectivity index is 3.08. The van der Waals surface area contributed by atoms with Crippen molar-refractivity contribution in [2.45, 2.75) is 31.2 Å². The van der Waals surface area contributed by atoms with E-state index in [1.807, 2.05) is 0 Å². The van der Waals surface area contributed by atoms with Gasteiger partial charge in [-0.1, -0.05) is 6.07 Å². The van der Waals surface area contributed by atoms with Crippen LogP contribution in [0.15, 0.2) is 23.1 Å². The maximum Gasteiger partial charge on any atom is 0.273 e. The second-order valence-electron chi connectivity index (χ2n) is 4.24. The van der Waals surface area contributed by atoms with Gasteiger partial charge in [0.05, 0.1) is 9.82 Å². The molecular formula is C11H16N2O5S. The molecule has 19 heavy (non-hydrogen) atoms. The summed E-state index contributed by atoms with van der Waals surface area (Å²) in [5, 5.41) is 19.5. The third-order valence-corrected chi connectivity index (χ3v) is 4.19. The van der Waals surface area contributed by atoms with E-state index in [0.29, 0.717) is 5.56 Å². The van der Waals surface area contributed by atoms with Crippen molar-refractivity contribution in [3.8, 4) is 0 Å². The Labute approximate surface area is 111 Å². The molecule has 8 heteroatoms. The summed E-state index contributed by atoms with van der Waals surface area (Å²) >= 11 is 0. The van der Waals surface area contributed by atoms with Crippen molar-refractivity contribution in [2.75, 3.05) is 6.61 Å². The van der Waals surface area contributed by atoms with E-state index in [4.69, 9.17) is 5.11 Å². The molecule has 1 unspecified atom stereocenters. The monoisotopic (exact) mass is 288 g/mol. The van der Waals surface area contributed by atoms with E-state index in [-0.39, 0.29) is 23.6 Å². The average molecular weight is 288 g/mol. The van der Waals surface area contributed by atoms with E-state index in [1.165, 1.54) is 19.1 Å². The van der Waals surface area contributed by atoms with E-state index in [9.17, 15) is 18.5 Å². The number of aryl methyl sites for hydroxylation is 1. The molecule has 1 rings (SSSR count). The van der Waals surface area contributed by atoms with Gasteiger partial charge in [0, 0.05) is 24.3 Å². The molecule has 2 N–H and O–H groups in total. The van der Waals surface area contributed by atoms with Crippen LogP contribution >= 0.6 is 0 Å². The van der Waals surface area contributed by atoms with Crippen molar-refractivity contribution >= 4 is 15.7 Å². The van der Waals surface area contributed by atoms with E-state index in [2.05, 4.69) is 4.72 Å². The number of aliphatic hydroxyl groups is 1. The predicted octanol–water partition coefficient (Wildman–Crippen LogP) is 0.952. The zero-order chi connectivity index (χ0) is 14.6. The molecule has 0 aliphatic rings. The molecule has 0 heterocycles. The van der Waals surface area contributed by atoms with E-state index in [0.717, 1.165) is 6.07 Å². The van der Waals surface area contributed by atoms with Crippen LogP contribution in [-0.2, 0) is 10.0 Å². The van der Waals surface area contributed by atoms with Gasteiger partial charge >= 0.3 is 0 Å². The van der Waals surface area contributed by atoms with Gasteiger partial charge in [-0.2, -0.15) is 0 Å². The number of aliphatic hydroxyl groups excluding tert-OH is 1. The predicted molar refractivity (Wildman–Crippen MR) is 69.3 cm³/mol. The number of nitrogens with one attached hydrogen (secondary N) is 1. The quantitative estimate of drug-likeness (QED) is 0.598. The van der Waals surface area contributed by atoms with Gasteiger partial charge in [0.2, 0.25) is 10.0 Å². The maximum absolute atomic E-state index is 12.0. The fourth-order valence-corrected chi connectivity index (χ4v) is 2.84. The fraction of sp³-hybridized carbons (Fsp3) is 0.455. The highest BCUT2D eigenvalue weighted by Gasteiger charge is 2.21. The summed E-state index contributed by atoms with van der Waals surface area (Å²) in [6, 6.07) is 3.29.